The fraction of sp³-hybridized carbons (Fsp3) is 0.611. The van der Waals surface area contributed by atoms with Crippen molar-refractivity contribution < 1.29 is 4.79 Å². The average molecular weight is 295 g/mol. The molecule has 0 saturated carbocycles. The quantitative estimate of drug-likeness (QED) is 0.480. The number of hydrogen-bond acceptors (Lipinski definition) is 2. The van der Waals surface area contributed by atoms with Crippen LogP contribution in [0.5, 0.6) is 0 Å². The Kier molecular flexibility index (Phi) is 11.6. The van der Waals surface area contributed by atoms with E-state index in [2.05, 4.69) is 45.9 Å². The maximum Gasteiger partial charge on any atom is 0.188 e. The topological polar surface area (TPSA) is 17.1 Å². The molecule has 0 aromatic heterocycles. The van der Waals surface area contributed by atoms with Gasteiger partial charge in [-0.05, 0) is 53.4 Å². The summed E-state index contributed by atoms with van der Waals surface area (Å²) >= 11 is 1.42. The van der Waals surface area contributed by atoms with Crippen LogP contribution in [0.1, 0.15) is 66.7 Å². The molecule has 0 heterocycles. The molecule has 2 heteroatoms. The van der Waals surface area contributed by atoms with E-state index >= 15 is 0 Å². The fourth-order valence-corrected chi connectivity index (χ4v) is 2.48. The first-order valence-corrected chi connectivity index (χ1v) is 8.54. The van der Waals surface area contributed by atoms with E-state index in [-0.39, 0.29) is 5.12 Å². The van der Waals surface area contributed by atoms with Crippen LogP contribution < -0.4 is 0 Å². The van der Waals surface area contributed by atoms with Crippen LogP contribution in [-0.2, 0) is 4.79 Å². The first kappa shape index (κ1) is 19.2. The number of carbonyl (C=O) groups is 1. The molecule has 0 aliphatic carbocycles. The molecule has 0 radical (unpaired) electrons. The normalized spacial score (nSPS) is 12.4. The van der Waals surface area contributed by atoms with Crippen LogP contribution in [-0.4, -0.2) is 10.9 Å². The Morgan fingerprint density at radius 1 is 0.900 bits per heavy atom. The molecule has 0 rings (SSSR count). The second-order valence-corrected chi connectivity index (χ2v) is 6.57. The zero-order valence-corrected chi connectivity index (χ0v) is 14.6. The van der Waals surface area contributed by atoms with Crippen molar-refractivity contribution in [2.24, 2.45) is 0 Å². The third-order valence-corrected chi connectivity index (χ3v) is 4.03. The predicted octanol–water partition coefficient (Wildman–Crippen LogP) is 6.08. The molecular formula is C18H30OS. The number of rotatable bonds is 9. The number of hydrogen-bond donors (Lipinski definition) is 0. The Hall–Kier alpha value is -0.760. The van der Waals surface area contributed by atoms with Crippen molar-refractivity contribution in [2.75, 3.05) is 5.75 Å². The Morgan fingerprint density at radius 2 is 1.45 bits per heavy atom. The van der Waals surface area contributed by atoms with E-state index in [0.717, 1.165) is 31.4 Å². The van der Waals surface area contributed by atoms with Gasteiger partial charge in [0, 0.05) is 12.2 Å². The highest BCUT2D eigenvalue weighted by molar-refractivity contribution is 8.13. The van der Waals surface area contributed by atoms with Crippen LogP contribution in [0.15, 0.2) is 34.9 Å². The van der Waals surface area contributed by atoms with Gasteiger partial charge >= 0.3 is 0 Å². The van der Waals surface area contributed by atoms with Gasteiger partial charge in [-0.15, -0.1) is 0 Å². The van der Waals surface area contributed by atoms with Gasteiger partial charge in [0.25, 0.3) is 0 Å². The molecule has 0 unspecified atom stereocenters. The first-order valence-electron chi connectivity index (χ1n) is 7.56. The SMILES string of the molecule is CCC(=O)SC/C=C(\C)CC/C=C(\C)CCC=C(C)C. The Morgan fingerprint density at radius 3 is 2.00 bits per heavy atom. The molecule has 0 saturated heterocycles. The van der Waals surface area contributed by atoms with Crippen molar-refractivity contribution in [3.8, 4) is 0 Å². The van der Waals surface area contributed by atoms with E-state index in [1.54, 1.807) is 0 Å². The molecule has 1 nitrogen and oxygen atoms in total. The smallest absolute Gasteiger partial charge is 0.188 e. The van der Waals surface area contributed by atoms with Gasteiger partial charge in [-0.1, -0.05) is 53.6 Å². The van der Waals surface area contributed by atoms with Crippen LogP contribution in [0, 0.1) is 0 Å². The molecule has 0 aromatic rings. The highest BCUT2D eigenvalue weighted by Crippen LogP contribution is 2.13. The van der Waals surface area contributed by atoms with Gasteiger partial charge in [0.2, 0.25) is 0 Å². The molecule has 0 aliphatic heterocycles. The van der Waals surface area contributed by atoms with Crippen molar-refractivity contribution in [1.82, 2.24) is 0 Å². The van der Waals surface area contributed by atoms with Crippen molar-refractivity contribution in [3.63, 3.8) is 0 Å². The summed E-state index contributed by atoms with van der Waals surface area (Å²) in [6.07, 6.45) is 12.0. The third-order valence-electron chi connectivity index (χ3n) is 3.09. The van der Waals surface area contributed by atoms with Gasteiger partial charge < -0.3 is 0 Å². The number of thioether (sulfide) groups is 1. The minimum Gasteiger partial charge on any atom is -0.287 e. The van der Waals surface area contributed by atoms with Crippen molar-refractivity contribution in [1.29, 1.82) is 0 Å². The van der Waals surface area contributed by atoms with Gasteiger partial charge in [0.05, 0.1) is 0 Å². The Labute approximate surface area is 129 Å². The molecule has 0 bridgehead atoms. The average Bonchev–Trinajstić information content (AvgIpc) is 2.38. The number of carbonyl (C=O) groups excluding carboxylic acids is 1. The van der Waals surface area contributed by atoms with Crippen LogP contribution in [0.4, 0.5) is 0 Å². The molecule has 0 aliphatic rings. The van der Waals surface area contributed by atoms with E-state index in [1.165, 1.54) is 28.5 Å². The van der Waals surface area contributed by atoms with Crippen LogP contribution >= 0.6 is 11.8 Å². The first-order chi connectivity index (χ1) is 9.45. The third kappa shape index (κ3) is 12.3. The summed E-state index contributed by atoms with van der Waals surface area (Å²) in [4.78, 5) is 11.2. The van der Waals surface area contributed by atoms with Crippen molar-refractivity contribution >= 4 is 16.9 Å². The lowest BCUT2D eigenvalue weighted by Crippen LogP contribution is -1.89. The molecule has 20 heavy (non-hydrogen) atoms. The zero-order chi connectivity index (χ0) is 15.4. The zero-order valence-electron chi connectivity index (χ0n) is 13.8. The Bertz CT molecular complexity index is 371. The van der Waals surface area contributed by atoms with E-state index in [1.807, 2.05) is 6.92 Å². The van der Waals surface area contributed by atoms with E-state index in [4.69, 9.17) is 0 Å². The summed E-state index contributed by atoms with van der Waals surface area (Å²) in [6, 6.07) is 0. The molecule has 114 valence electrons. The molecule has 0 aromatic carbocycles. The summed E-state index contributed by atoms with van der Waals surface area (Å²) in [6.45, 7) is 10.6. The maximum atomic E-state index is 11.2. The molecule has 0 atom stereocenters. The predicted molar refractivity (Wildman–Crippen MR) is 93.2 cm³/mol. The highest BCUT2D eigenvalue weighted by atomic mass is 32.2. The second-order valence-electron chi connectivity index (χ2n) is 5.50. The van der Waals surface area contributed by atoms with Gasteiger partial charge in [-0.3, -0.25) is 4.79 Å². The number of allylic oxidation sites excluding steroid dienone is 5. The lowest BCUT2D eigenvalue weighted by atomic mass is 10.1. The molecule has 0 amide bonds. The van der Waals surface area contributed by atoms with Crippen LogP contribution in [0.3, 0.4) is 0 Å². The fourth-order valence-electron chi connectivity index (χ4n) is 1.72. The summed E-state index contributed by atoms with van der Waals surface area (Å²) in [7, 11) is 0. The summed E-state index contributed by atoms with van der Waals surface area (Å²) < 4.78 is 0. The standard InChI is InChI=1S/C18H30OS/c1-6-18(19)20-14-13-17(5)12-8-11-16(4)10-7-9-15(2)3/h9,11,13H,6-8,10,12,14H2,1-5H3/b16-11+,17-13+. The van der Waals surface area contributed by atoms with Gasteiger partial charge in [0.15, 0.2) is 5.12 Å². The summed E-state index contributed by atoms with van der Waals surface area (Å²) in [5.41, 5.74) is 4.26. The van der Waals surface area contributed by atoms with Crippen molar-refractivity contribution in [2.45, 2.75) is 66.7 Å². The molecule has 0 spiro atoms. The molecule has 0 fully saturated rings. The van der Waals surface area contributed by atoms with E-state index < -0.39 is 0 Å². The van der Waals surface area contributed by atoms with Crippen molar-refractivity contribution in [3.05, 3.63) is 34.9 Å². The lowest BCUT2D eigenvalue weighted by molar-refractivity contribution is -0.110. The summed E-state index contributed by atoms with van der Waals surface area (Å²) in [5.74, 6) is 0.821. The van der Waals surface area contributed by atoms with Gasteiger partial charge in [-0.25, -0.2) is 0 Å². The minimum atomic E-state index is 0.282. The monoisotopic (exact) mass is 294 g/mol. The van der Waals surface area contributed by atoms with Crippen LogP contribution in [0.25, 0.3) is 0 Å². The van der Waals surface area contributed by atoms with E-state index in [0.29, 0.717) is 6.42 Å². The molecule has 0 N–H and O–H groups in total. The maximum absolute atomic E-state index is 11.2. The summed E-state index contributed by atoms with van der Waals surface area (Å²) in [5, 5.41) is 0.282. The minimum absolute atomic E-state index is 0.282. The lowest BCUT2D eigenvalue weighted by Gasteiger charge is -2.01. The molecular weight excluding hydrogens is 264 g/mol. The highest BCUT2D eigenvalue weighted by Gasteiger charge is 1.96. The van der Waals surface area contributed by atoms with Gasteiger partial charge in [-0.2, -0.15) is 0 Å². The van der Waals surface area contributed by atoms with Gasteiger partial charge in [0.1, 0.15) is 0 Å². The Balaban J connectivity index is 3.88. The van der Waals surface area contributed by atoms with E-state index in [9.17, 15) is 4.79 Å². The second kappa shape index (κ2) is 12.0. The van der Waals surface area contributed by atoms with Crippen LogP contribution in [0.2, 0.25) is 0 Å². The largest absolute Gasteiger partial charge is 0.287 e.